The van der Waals surface area contributed by atoms with Gasteiger partial charge in [-0.3, -0.25) is 4.79 Å². The van der Waals surface area contributed by atoms with Crippen molar-refractivity contribution in [3.05, 3.63) is 29.3 Å². The van der Waals surface area contributed by atoms with Crippen LogP contribution in [0.5, 0.6) is 0 Å². The van der Waals surface area contributed by atoms with Crippen LogP contribution in [-0.2, 0) is 27.8 Å². The van der Waals surface area contributed by atoms with Gasteiger partial charge in [-0.25, -0.2) is 13.1 Å². The molecule has 156 valence electrons. The summed E-state index contributed by atoms with van der Waals surface area (Å²) in [5, 5.41) is 0. The van der Waals surface area contributed by atoms with E-state index < -0.39 is 22.1 Å². The Morgan fingerprint density at radius 2 is 2.00 bits per heavy atom. The van der Waals surface area contributed by atoms with Crippen molar-refractivity contribution in [2.45, 2.75) is 49.3 Å². The van der Waals surface area contributed by atoms with Crippen molar-refractivity contribution in [2.24, 2.45) is 0 Å². The molecule has 1 saturated heterocycles. The van der Waals surface area contributed by atoms with Crippen LogP contribution in [0.3, 0.4) is 0 Å². The van der Waals surface area contributed by atoms with Crippen molar-refractivity contribution < 1.29 is 26.4 Å². The van der Waals surface area contributed by atoms with Crippen LogP contribution >= 0.6 is 0 Å². The number of benzene rings is 1. The maximum atomic E-state index is 12.7. The molecule has 0 bridgehead atoms. The first-order valence-corrected chi connectivity index (χ1v) is 10.7. The number of carbonyl (C=O) groups is 1. The Balaban J connectivity index is 1.67. The first-order chi connectivity index (χ1) is 13.1. The van der Waals surface area contributed by atoms with Crippen LogP contribution in [0, 0.1) is 0 Å². The quantitative estimate of drug-likeness (QED) is 0.792. The molecule has 28 heavy (non-hydrogen) atoms. The van der Waals surface area contributed by atoms with Crippen molar-refractivity contribution in [3.63, 3.8) is 0 Å². The number of rotatable bonds is 5. The molecule has 0 aromatic heterocycles. The highest BCUT2D eigenvalue weighted by atomic mass is 32.2. The molecule has 1 aromatic rings. The van der Waals surface area contributed by atoms with Crippen LogP contribution in [-0.4, -0.2) is 63.0 Å². The van der Waals surface area contributed by atoms with E-state index >= 15 is 0 Å². The lowest BCUT2D eigenvalue weighted by Gasteiger charge is -2.29. The highest BCUT2D eigenvalue weighted by Gasteiger charge is 2.43. The second-order valence-electron chi connectivity index (χ2n) is 7.37. The molecule has 1 aromatic carbocycles. The molecule has 2 aliphatic heterocycles. The van der Waals surface area contributed by atoms with E-state index in [-0.39, 0.29) is 24.4 Å². The van der Waals surface area contributed by atoms with Crippen molar-refractivity contribution in [1.29, 1.82) is 0 Å². The van der Waals surface area contributed by atoms with Crippen LogP contribution in [0.1, 0.15) is 30.4 Å². The number of alkyl halides is 3. The van der Waals surface area contributed by atoms with Crippen LogP contribution in [0.15, 0.2) is 23.1 Å². The lowest BCUT2D eigenvalue weighted by atomic mass is 10.00. The van der Waals surface area contributed by atoms with Gasteiger partial charge in [0.25, 0.3) is 0 Å². The van der Waals surface area contributed by atoms with E-state index in [0.717, 1.165) is 24.9 Å². The Morgan fingerprint density at radius 1 is 1.25 bits per heavy atom. The predicted molar refractivity (Wildman–Crippen MR) is 97.1 cm³/mol. The Hall–Kier alpha value is -1.65. The molecule has 6 nitrogen and oxygen atoms in total. The molecule has 1 unspecified atom stereocenters. The molecule has 2 heterocycles. The second-order valence-corrected chi connectivity index (χ2v) is 9.14. The molecule has 0 aliphatic carbocycles. The predicted octanol–water partition coefficient (Wildman–Crippen LogP) is 1.90. The molecule has 1 atom stereocenters. The molecule has 3 rings (SSSR count). The van der Waals surface area contributed by atoms with Crippen LogP contribution in [0.2, 0.25) is 0 Å². The summed E-state index contributed by atoms with van der Waals surface area (Å²) in [6, 6.07) is 4.80. The minimum absolute atomic E-state index is 0.00679. The van der Waals surface area contributed by atoms with Gasteiger partial charge in [0.1, 0.15) is 0 Å². The summed E-state index contributed by atoms with van der Waals surface area (Å²) in [5.41, 5.74) is 1.19. The van der Waals surface area contributed by atoms with Gasteiger partial charge in [0.05, 0.1) is 4.90 Å². The Kier molecular flexibility index (Phi) is 6.02. The molecule has 0 spiro atoms. The average Bonchev–Trinajstić information content (AvgIpc) is 3.04. The average molecular weight is 419 g/mol. The van der Waals surface area contributed by atoms with Crippen molar-refractivity contribution in [3.8, 4) is 0 Å². The van der Waals surface area contributed by atoms with Gasteiger partial charge in [-0.1, -0.05) is 6.07 Å². The summed E-state index contributed by atoms with van der Waals surface area (Å²) in [4.78, 5) is 14.4. The smallest absolute Gasteiger partial charge is 0.330 e. The third-order valence-electron chi connectivity index (χ3n) is 5.47. The van der Waals surface area contributed by atoms with Gasteiger partial charge in [0.15, 0.2) is 0 Å². The number of fused-ring (bicyclic) bond motifs is 1. The van der Waals surface area contributed by atoms with E-state index in [1.807, 2.05) is 7.05 Å². The minimum atomic E-state index is -4.93. The molecule has 0 radical (unpaired) electrons. The van der Waals surface area contributed by atoms with Crippen molar-refractivity contribution in [2.75, 3.05) is 26.7 Å². The zero-order valence-electron chi connectivity index (χ0n) is 15.6. The van der Waals surface area contributed by atoms with Crippen LogP contribution in [0.25, 0.3) is 0 Å². The summed E-state index contributed by atoms with van der Waals surface area (Å²) in [6.07, 6.45) is -1.82. The topological polar surface area (TPSA) is 69.7 Å². The highest BCUT2D eigenvalue weighted by Crippen LogP contribution is 2.26. The number of amides is 1. The maximum Gasteiger partial charge on any atom is 0.471 e. The van der Waals surface area contributed by atoms with Crippen LogP contribution < -0.4 is 4.72 Å². The fourth-order valence-electron chi connectivity index (χ4n) is 3.84. The van der Waals surface area contributed by atoms with Crippen molar-refractivity contribution in [1.82, 2.24) is 14.5 Å². The van der Waals surface area contributed by atoms with Gasteiger partial charge in [0, 0.05) is 25.7 Å². The van der Waals surface area contributed by atoms with Gasteiger partial charge < -0.3 is 9.80 Å². The number of hydrogen-bond donors (Lipinski definition) is 1. The molecule has 10 heteroatoms. The number of nitrogens with zero attached hydrogens (tertiary/aromatic N) is 2. The largest absolute Gasteiger partial charge is 0.471 e. The number of sulfonamides is 1. The van der Waals surface area contributed by atoms with Gasteiger partial charge in [0.2, 0.25) is 10.0 Å². The second kappa shape index (κ2) is 8.00. The molecular formula is C18H24F3N3O3S. The van der Waals surface area contributed by atoms with E-state index in [2.05, 4.69) is 9.62 Å². The first kappa shape index (κ1) is 21.1. The summed E-state index contributed by atoms with van der Waals surface area (Å²) in [5.74, 6) is -1.90. The van der Waals surface area contributed by atoms with E-state index in [4.69, 9.17) is 0 Å². The molecule has 1 amide bonds. The first-order valence-electron chi connectivity index (χ1n) is 9.26. The zero-order valence-corrected chi connectivity index (χ0v) is 16.4. The number of likely N-dealkylation sites (tertiary alicyclic amines) is 1. The van der Waals surface area contributed by atoms with Gasteiger partial charge in [-0.05, 0) is 62.5 Å². The number of nitrogens with one attached hydrogen (secondary N) is 1. The third kappa shape index (κ3) is 4.66. The van der Waals surface area contributed by atoms with Gasteiger partial charge in [-0.15, -0.1) is 0 Å². The van der Waals surface area contributed by atoms with E-state index in [1.165, 1.54) is 12.1 Å². The lowest BCUT2D eigenvalue weighted by molar-refractivity contribution is -0.186. The van der Waals surface area contributed by atoms with Gasteiger partial charge in [-0.2, -0.15) is 13.2 Å². The Bertz CT molecular complexity index is 842. The SMILES string of the molecule is CN1CCCC1CCNS(=O)(=O)c1ccc2c(c1)CN(C(=O)C(F)(F)F)CC2. The number of hydrogen-bond acceptors (Lipinski definition) is 4. The monoisotopic (exact) mass is 419 g/mol. The van der Waals surface area contributed by atoms with E-state index in [0.29, 0.717) is 29.5 Å². The zero-order chi connectivity index (χ0) is 20.5. The normalized spacial score (nSPS) is 21.0. The molecule has 2 aliphatic rings. The molecule has 0 saturated carbocycles. The molecule has 1 N–H and O–H groups in total. The third-order valence-corrected chi connectivity index (χ3v) is 6.93. The standard InChI is InChI=1S/C18H24F3N3O3S/c1-23-9-2-3-15(23)6-8-22-28(26,27)16-5-4-13-7-10-24(12-14(13)11-16)17(25)18(19,20)21/h4-5,11,15,22H,2-3,6-10,12H2,1H3. The maximum absolute atomic E-state index is 12.7. The van der Waals surface area contributed by atoms with Gasteiger partial charge >= 0.3 is 12.1 Å². The summed E-state index contributed by atoms with van der Waals surface area (Å²) in [7, 11) is -1.75. The van der Waals surface area contributed by atoms with Crippen LogP contribution in [0.4, 0.5) is 13.2 Å². The minimum Gasteiger partial charge on any atom is -0.330 e. The fraction of sp³-hybridized carbons (Fsp3) is 0.611. The summed E-state index contributed by atoms with van der Waals surface area (Å²) in [6.45, 7) is 1.02. The molecule has 1 fully saturated rings. The fourth-order valence-corrected chi connectivity index (χ4v) is 4.94. The molecular weight excluding hydrogens is 395 g/mol. The highest BCUT2D eigenvalue weighted by molar-refractivity contribution is 7.89. The van der Waals surface area contributed by atoms with E-state index in [1.54, 1.807) is 6.07 Å². The number of halogens is 3. The lowest BCUT2D eigenvalue weighted by Crippen LogP contribution is -2.43. The summed E-state index contributed by atoms with van der Waals surface area (Å²) >= 11 is 0. The van der Waals surface area contributed by atoms with Crippen molar-refractivity contribution >= 4 is 15.9 Å². The number of carbonyl (C=O) groups excluding carboxylic acids is 1. The Morgan fingerprint density at radius 3 is 2.64 bits per heavy atom. The summed E-state index contributed by atoms with van der Waals surface area (Å²) < 4.78 is 65.7. The Labute approximate surface area is 162 Å². The van der Waals surface area contributed by atoms with E-state index in [9.17, 15) is 26.4 Å².